The summed E-state index contributed by atoms with van der Waals surface area (Å²) in [4.78, 5) is 5.62. The predicted octanol–water partition coefficient (Wildman–Crippen LogP) is 3.56. The Morgan fingerprint density at radius 3 is 1.62 bits per heavy atom. The normalized spacial score (nSPS) is 17.7. The van der Waals surface area contributed by atoms with Crippen molar-refractivity contribution in [3.63, 3.8) is 0 Å². The Balaban J connectivity index is 0.00000137. The van der Waals surface area contributed by atoms with Crippen molar-refractivity contribution in [1.29, 1.82) is 0 Å². The van der Waals surface area contributed by atoms with Crippen molar-refractivity contribution in [2.75, 3.05) is 7.11 Å². The summed E-state index contributed by atoms with van der Waals surface area (Å²) >= 11 is 0. The molecular formula is C19H17F9N2O4. The summed E-state index contributed by atoms with van der Waals surface area (Å²) in [7, 11) is 1.00. The molecule has 3 N–H and O–H groups in total. The molecular weight excluding hydrogens is 491 g/mol. The fourth-order valence-corrected chi connectivity index (χ4v) is 2.67. The number of aromatic nitrogens is 1. The highest BCUT2D eigenvalue weighted by molar-refractivity contribution is 5.96. The number of ether oxygens (including phenoxy) is 1. The maximum atomic E-state index is 13.8. The number of benzene rings is 1. The molecule has 0 spiro atoms. The molecule has 0 saturated carbocycles. The van der Waals surface area contributed by atoms with Gasteiger partial charge in [-0.2, -0.15) is 13.8 Å². The zero-order valence-electron chi connectivity index (χ0n) is 17.5. The number of aliphatic imine (C=N–C) groups is 1. The smallest absolute Gasteiger partial charge is 0.252 e. The van der Waals surface area contributed by atoms with Gasteiger partial charge in [-0.3, -0.25) is 0 Å². The van der Waals surface area contributed by atoms with Crippen molar-refractivity contribution in [2.45, 2.75) is 38.7 Å². The van der Waals surface area contributed by atoms with E-state index in [0.29, 0.717) is 0 Å². The molecule has 3 atom stereocenters. The summed E-state index contributed by atoms with van der Waals surface area (Å²) in [5.74, 6) is -21.4. The van der Waals surface area contributed by atoms with E-state index in [1.165, 1.54) is 0 Å². The monoisotopic (exact) mass is 508 g/mol. The quantitative estimate of drug-likeness (QED) is 0.254. The summed E-state index contributed by atoms with van der Waals surface area (Å²) < 4.78 is 126. The van der Waals surface area contributed by atoms with Crippen LogP contribution in [-0.4, -0.2) is 45.6 Å². The molecule has 0 radical (unpaired) electrons. The SMILES string of the molecule is CC.CO.OC(CC1N=C(c2c(F)c(F)c(F)c(F)c2F)OC1O)c1c(F)c(F)nc(F)c1F. The molecule has 2 aromatic rings. The molecule has 1 aliphatic rings. The van der Waals surface area contributed by atoms with Crippen LogP contribution in [0.1, 0.15) is 37.5 Å². The number of pyridine rings is 1. The Morgan fingerprint density at radius 1 is 0.765 bits per heavy atom. The predicted molar refractivity (Wildman–Crippen MR) is 96.8 cm³/mol. The highest BCUT2D eigenvalue weighted by Crippen LogP contribution is 2.32. The van der Waals surface area contributed by atoms with Crippen LogP contribution in [0.3, 0.4) is 0 Å². The fraction of sp³-hybridized carbons (Fsp3) is 0.368. The first-order valence-electron chi connectivity index (χ1n) is 9.22. The van der Waals surface area contributed by atoms with Gasteiger partial charge in [0.25, 0.3) is 11.9 Å². The first-order valence-corrected chi connectivity index (χ1v) is 9.22. The van der Waals surface area contributed by atoms with Gasteiger partial charge in [-0.25, -0.2) is 35.7 Å². The standard InChI is InChI=1S/C16H7F9N2O3.C2H6.CH4O/c17-6-5(7(18)11(22)12(23)10(6)21)15-26-2(16(29)30-15)1-3(28)4-8(19)13(24)27-14(25)9(4)20;2*1-2/h2-3,16,28-29H,1H2;1-2H3;2H,1H3. The third kappa shape index (κ3) is 5.42. The molecule has 0 fully saturated rings. The number of halogens is 9. The number of rotatable bonds is 4. The summed E-state index contributed by atoms with van der Waals surface area (Å²) in [5, 5.41) is 26.6. The van der Waals surface area contributed by atoms with Gasteiger partial charge in [-0.1, -0.05) is 13.8 Å². The number of hydrogen-bond donors (Lipinski definition) is 3. The zero-order chi connectivity index (χ0) is 26.5. The maximum Gasteiger partial charge on any atom is 0.252 e. The minimum atomic E-state index is -2.47. The van der Waals surface area contributed by atoms with Crippen LogP contribution in [0.15, 0.2) is 4.99 Å². The molecule has 0 aliphatic carbocycles. The lowest BCUT2D eigenvalue weighted by atomic mass is 10.0. The van der Waals surface area contributed by atoms with Gasteiger partial charge in [0.2, 0.25) is 18.0 Å². The molecule has 1 aromatic heterocycles. The first-order chi connectivity index (χ1) is 16.0. The molecule has 34 heavy (non-hydrogen) atoms. The lowest BCUT2D eigenvalue weighted by molar-refractivity contribution is -0.0371. The Hall–Kier alpha value is -2.91. The van der Waals surface area contributed by atoms with E-state index in [2.05, 4.69) is 14.7 Å². The lowest BCUT2D eigenvalue weighted by Crippen LogP contribution is -2.25. The first kappa shape index (κ1) is 29.1. The third-order valence-corrected chi connectivity index (χ3v) is 4.10. The molecule has 3 unspecified atom stereocenters. The van der Waals surface area contributed by atoms with Gasteiger partial charge in [-0.15, -0.1) is 0 Å². The van der Waals surface area contributed by atoms with Crippen molar-refractivity contribution in [1.82, 2.24) is 4.98 Å². The van der Waals surface area contributed by atoms with Gasteiger partial charge < -0.3 is 20.1 Å². The molecule has 6 nitrogen and oxygen atoms in total. The Morgan fingerprint density at radius 2 is 1.18 bits per heavy atom. The molecule has 0 amide bonds. The van der Waals surface area contributed by atoms with Gasteiger partial charge in [-0.05, 0) is 0 Å². The van der Waals surface area contributed by atoms with E-state index in [1.54, 1.807) is 0 Å². The highest BCUT2D eigenvalue weighted by Gasteiger charge is 2.38. The van der Waals surface area contributed by atoms with Crippen molar-refractivity contribution in [3.05, 3.63) is 63.7 Å². The van der Waals surface area contributed by atoms with Crippen molar-refractivity contribution < 1.29 is 59.6 Å². The van der Waals surface area contributed by atoms with E-state index in [0.717, 1.165) is 7.11 Å². The molecule has 0 saturated heterocycles. The van der Waals surface area contributed by atoms with Crippen LogP contribution < -0.4 is 0 Å². The van der Waals surface area contributed by atoms with Crippen LogP contribution in [0.2, 0.25) is 0 Å². The Bertz CT molecular complexity index is 1010. The van der Waals surface area contributed by atoms with Crippen LogP contribution >= 0.6 is 0 Å². The van der Waals surface area contributed by atoms with Crippen molar-refractivity contribution in [2.24, 2.45) is 4.99 Å². The molecule has 3 rings (SSSR count). The summed E-state index contributed by atoms with van der Waals surface area (Å²) in [6, 6.07) is -1.77. The Kier molecular flexibility index (Phi) is 10.3. The van der Waals surface area contributed by atoms with E-state index < -0.39 is 94.5 Å². The van der Waals surface area contributed by atoms with Gasteiger partial charge in [0.05, 0.1) is 11.7 Å². The molecule has 0 bridgehead atoms. The number of aliphatic hydroxyl groups excluding tert-OH is 3. The number of nitrogens with zero attached hydrogens (tertiary/aromatic N) is 2. The minimum Gasteiger partial charge on any atom is -0.445 e. The molecule has 190 valence electrons. The highest BCUT2D eigenvalue weighted by atomic mass is 19.2. The molecule has 2 heterocycles. The summed E-state index contributed by atoms with van der Waals surface area (Å²) in [5.41, 5.74) is -3.16. The molecule has 1 aromatic carbocycles. The second-order valence-corrected chi connectivity index (χ2v) is 5.94. The second-order valence-electron chi connectivity index (χ2n) is 5.94. The van der Waals surface area contributed by atoms with Crippen molar-refractivity contribution >= 4 is 5.90 Å². The van der Waals surface area contributed by atoms with Gasteiger partial charge in [0.15, 0.2) is 34.9 Å². The third-order valence-electron chi connectivity index (χ3n) is 4.10. The fourth-order valence-electron chi connectivity index (χ4n) is 2.67. The van der Waals surface area contributed by atoms with Crippen LogP contribution in [0.4, 0.5) is 39.5 Å². The van der Waals surface area contributed by atoms with Crippen LogP contribution in [0.5, 0.6) is 0 Å². The van der Waals surface area contributed by atoms with E-state index >= 15 is 0 Å². The number of hydrogen-bond acceptors (Lipinski definition) is 6. The summed E-state index contributed by atoms with van der Waals surface area (Å²) in [6.45, 7) is 4.00. The average Bonchev–Trinajstić information content (AvgIpc) is 3.17. The minimum absolute atomic E-state index is 1.00. The van der Waals surface area contributed by atoms with E-state index in [1.807, 2.05) is 13.8 Å². The van der Waals surface area contributed by atoms with Gasteiger partial charge >= 0.3 is 0 Å². The topological polar surface area (TPSA) is 95.2 Å². The van der Waals surface area contributed by atoms with Crippen LogP contribution in [0, 0.1) is 52.6 Å². The van der Waals surface area contributed by atoms with Gasteiger partial charge in [0, 0.05) is 13.5 Å². The zero-order valence-corrected chi connectivity index (χ0v) is 17.5. The van der Waals surface area contributed by atoms with Crippen molar-refractivity contribution in [3.8, 4) is 0 Å². The Labute approximate surface area is 186 Å². The van der Waals surface area contributed by atoms with Crippen LogP contribution in [-0.2, 0) is 4.74 Å². The molecule has 15 heteroatoms. The molecule has 1 aliphatic heterocycles. The van der Waals surface area contributed by atoms with E-state index in [-0.39, 0.29) is 0 Å². The van der Waals surface area contributed by atoms with Gasteiger partial charge in [0.1, 0.15) is 11.6 Å². The van der Waals surface area contributed by atoms with E-state index in [4.69, 9.17) is 5.11 Å². The maximum absolute atomic E-state index is 13.8. The summed E-state index contributed by atoms with van der Waals surface area (Å²) in [6.07, 6.45) is -5.58. The largest absolute Gasteiger partial charge is 0.445 e. The van der Waals surface area contributed by atoms with Crippen LogP contribution in [0.25, 0.3) is 0 Å². The number of aliphatic hydroxyl groups is 3. The lowest BCUT2D eigenvalue weighted by Gasteiger charge is -2.17. The van der Waals surface area contributed by atoms with E-state index in [9.17, 15) is 49.7 Å². The average molecular weight is 508 g/mol. The second kappa shape index (κ2) is 12.0.